The number of guanidine groups is 1. The fourth-order valence-corrected chi connectivity index (χ4v) is 2.26. The van der Waals surface area contributed by atoms with Crippen molar-refractivity contribution in [2.45, 2.75) is 31.9 Å². The Hall–Kier alpha value is -2.32. The summed E-state index contributed by atoms with van der Waals surface area (Å²) in [6.45, 7) is 5.43. The van der Waals surface area contributed by atoms with Gasteiger partial charge in [0.1, 0.15) is 5.69 Å². The van der Waals surface area contributed by atoms with Crippen molar-refractivity contribution < 1.29 is 13.2 Å². The molecule has 0 atom stereocenters. The molecule has 0 spiro atoms. The number of hydrogen-bond acceptors (Lipinski definition) is 4. The van der Waals surface area contributed by atoms with Crippen molar-refractivity contribution in [1.82, 2.24) is 20.2 Å². The van der Waals surface area contributed by atoms with Gasteiger partial charge < -0.3 is 15.5 Å². The highest BCUT2D eigenvalue weighted by atomic mass is 19.4. The molecule has 0 aliphatic carbocycles. The zero-order chi connectivity index (χ0) is 19.4. The van der Waals surface area contributed by atoms with E-state index in [1.165, 1.54) is 0 Å². The highest BCUT2D eigenvalue weighted by molar-refractivity contribution is 5.79. The zero-order valence-corrected chi connectivity index (χ0v) is 15.3. The number of allylic oxidation sites excluding steroid dienone is 1. The topological polar surface area (TPSA) is 65.4 Å². The lowest BCUT2D eigenvalue weighted by atomic mass is 10.2. The summed E-state index contributed by atoms with van der Waals surface area (Å²) in [4.78, 5) is 13.5. The summed E-state index contributed by atoms with van der Waals surface area (Å²) in [6, 6.07) is 0.843. The Morgan fingerprint density at radius 2 is 2.08 bits per heavy atom. The van der Waals surface area contributed by atoms with Crippen molar-refractivity contribution in [1.29, 1.82) is 0 Å². The van der Waals surface area contributed by atoms with Crippen LogP contribution in [0.2, 0.25) is 0 Å². The highest BCUT2D eigenvalue weighted by Crippen LogP contribution is 2.27. The van der Waals surface area contributed by atoms with Gasteiger partial charge in [-0.05, 0) is 25.3 Å². The first-order chi connectivity index (χ1) is 12.4. The van der Waals surface area contributed by atoms with E-state index in [0.29, 0.717) is 13.1 Å². The van der Waals surface area contributed by atoms with Gasteiger partial charge in [0.05, 0.1) is 0 Å². The molecular weight excluding hydrogens is 345 g/mol. The van der Waals surface area contributed by atoms with E-state index in [0.717, 1.165) is 50.5 Å². The predicted molar refractivity (Wildman–Crippen MR) is 98.2 cm³/mol. The van der Waals surface area contributed by atoms with Crippen LogP contribution in [0.4, 0.5) is 19.1 Å². The third kappa shape index (κ3) is 8.17. The molecule has 9 heteroatoms. The van der Waals surface area contributed by atoms with Gasteiger partial charge in [-0.15, -0.1) is 6.58 Å². The summed E-state index contributed by atoms with van der Waals surface area (Å²) in [5.41, 5.74) is -0.963. The lowest BCUT2D eigenvalue weighted by molar-refractivity contribution is -0.141. The van der Waals surface area contributed by atoms with Gasteiger partial charge in [0.2, 0.25) is 5.95 Å². The van der Waals surface area contributed by atoms with E-state index in [9.17, 15) is 13.2 Å². The van der Waals surface area contributed by atoms with Crippen molar-refractivity contribution in [2.75, 3.05) is 39.0 Å². The number of nitrogens with zero attached hydrogens (tertiary/aromatic N) is 4. The van der Waals surface area contributed by atoms with Crippen molar-refractivity contribution in [2.24, 2.45) is 4.99 Å². The summed E-state index contributed by atoms with van der Waals surface area (Å²) >= 11 is 0. The SMILES string of the molecule is C=CCCCCCN(C)C(=NC)NCCNc1nccc(C(F)(F)F)n1. The number of halogens is 3. The van der Waals surface area contributed by atoms with Crippen LogP contribution in [0.25, 0.3) is 0 Å². The molecule has 0 aliphatic rings. The number of aromatic nitrogens is 2. The standard InChI is InChI=1S/C17H27F3N6/c1-4-5-6-7-8-13-26(3)16(21-2)24-12-11-23-15-22-10-9-14(25-15)17(18,19)20/h4,9-10H,1,5-8,11-13H2,2-3H3,(H,21,24)(H,22,23,25). The first-order valence-corrected chi connectivity index (χ1v) is 8.55. The quantitative estimate of drug-likeness (QED) is 0.286. The Bertz CT molecular complexity index is 574. The van der Waals surface area contributed by atoms with Crippen LogP contribution in [0.5, 0.6) is 0 Å². The number of nitrogens with one attached hydrogen (secondary N) is 2. The Labute approximate surface area is 152 Å². The van der Waals surface area contributed by atoms with E-state index < -0.39 is 11.9 Å². The molecule has 0 saturated heterocycles. The second kappa shape index (κ2) is 11.3. The lowest BCUT2D eigenvalue weighted by Crippen LogP contribution is -2.41. The minimum Gasteiger partial charge on any atom is -0.354 e. The smallest absolute Gasteiger partial charge is 0.354 e. The van der Waals surface area contributed by atoms with E-state index in [-0.39, 0.29) is 5.95 Å². The van der Waals surface area contributed by atoms with Crippen molar-refractivity contribution in [3.63, 3.8) is 0 Å². The molecule has 1 rings (SSSR count). The maximum absolute atomic E-state index is 12.6. The average molecular weight is 372 g/mol. The van der Waals surface area contributed by atoms with Gasteiger partial charge in [-0.3, -0.25) is 4.99 Å². The van der Waals surface area contributed by atoms with Crippen LogP contribution in [0, 0.1) is 0 Å². The van der Waals surface area contributed by atoms with Gasteiger partial charge in [0.25, 0.3) is 0 Å². The second-order valence-electron chi connectivity index (χ2n) is 5.72. The average Bonchev–Trinajstić information content (AvgIpc) is 2.61. The minimum absolute atomic E-state index is 0.0489. The molecule has 146 valence electrons. The molecule has 6 nitrogen and oxygen atoms in total. The van der Waals surface area contributed by atoms with Gasteiger partial charge >= 0.3 is 6.18 Å². The molecule has 1 aromatic rings. The lowest BCUT2D eigenvalue weighted by Gasteiger charge is -2.22. The molecule has 2 N–H and O–H groups in total. The first-order valence-electron chi connectivity index (χ1n) is 8.55. The van der Waals surface area contributed by atoms with Crippen molar-refractivity contribution in [3.05, 3.63) is 30.6 Å². The number of rotatable bonds is 10. The Balaban J connectivity index is 2.33. The minimum atomic E-state index is -4.48. The highest BCUT2D eigenvalue weighted by Gasteiger charge is 2.32. The summed E-state index contributed by atoms with van der Waals surface area (Å²) in [6.07, 6.45) is 2.87. The van der Waals surface area contributed by atoms with E-state index in [4.69, 9.17) is 0 Å². The number of unbranched alkanes of at least 4 members (excludes halogenated alkanes) is 3. The maximum atomic E-state index is 12.6. The Morgan fingerprint density at radius 3 is 2.73 bits per heavy atom. The third-order valence-electron chi connectivity index (χ3n) is 3.61. The van der Waals surface area contributed by atoms with E-state index in [1.54, 1.807) is 7.05 Å². The molecular formula is C17H27F3N6. The molecule has 0 unspecified atom stereocenters. The van der Waals surface area contributed by atoms with Crippen molar-refractivity contribution in [3.8, 4) is 0 Å². The van der Waals surface area contributed by atoms with Crippen LogP contribution in [0.15, 0.2) is 29.9 Å². The predicted octanol–water partition coefficient (Wildman–Crippen LogP) is 3.16. The molecule has 1 heterocycles. The van der Waals surface area contributed by atoms with Gasteiger partial charge in [-0.25, -0.2) is 9.97 Å². The molecule has 0 aliphatic heterocycles. The fraction of sp³-hybridized carbons (Fsp3) is 0.588. The van der Waals surface area contributed by atoms with Crippen LogP contribution in [0.1, 0.15) is 31.4 Å². The molecule has 0 saturated carbocycles. The van der Waals surface area contributed by atoms with E-state index in [1.807, 2.05) is 18.0 Å². The maximum Gasteiger partial charge on any atom is 0.433 e. The normalized spacial score (nSPS) is 12.0. The Morgan fingerprint density at radius 1 is 1.31 bits per heavy atom. The molecule has 0 radical (unpaired) electrons. The van der Waals surface area contributed by atoms with Gasteiger partial charge in [-0.1, -0.05) is 12.5 Å². The van der Waals surface area contributed by atoms with Crippen LogP contribution in [0.3, 0.4) is 0 Å². The fourth-order valence-electron chi connectivity index (χ4n) is 2.26. The Kier molecular flexibility index (Phi) is 9.46. The van der Waals surface area contributed by atoms with E-state index >= 15 is 0 Å². The molecule has 0 fully saturated rings. The van der Waals surface area contributed by atoms with Crippen LogP contribution in [-0.2, 0) is 6.18 Å². The van der Waals surface area contributed by atoms with Crippen LogP contribution < -0.4 is 10.6 Å². The molecule has 26 heavy (non-hydrogen) atoms. The van der Waals surface area contributed by atoms with Crippen molar-refractivity contribution >= 4 is 11.9 Å². The summed E-state index contributed by atoms with van der Waals surface area (Å²) in [5.74, 6) is 0.688. The number of aliphatic imine (C=N–C) groups is 1. The van der Waals surface area contributed by atoms with Gasteiger partial charge in [0, 0.05) is 39.9 Å². The summed E-state index contributed by atoms with van der Waals surface area (Å²) in [7, 11) is 3.64. The largest absolute Gasteiger partial charge is 0.433 e. The second-order valence-corrected chi connectivity index (χ2v) is 5.72. The van der Waals surface area contributed by atoms with Crippen LogP contribution in [-0.4, -0.2) is 54.6 Å². The third-order valence-corrected chi connectivity index (χ3v) is 3.61. The number of alkyl halides is 3. The molecule has 1 aromatic heterocycles. The molecule has 0 amide bonds. The van der Waals surface area contributed by atoms with Gasteiger partial charge in [-0.2, -0.15) is 13.2 Å². The number of anilines is 1. The molecule has 0 aromatic carbocycles. The summed E-state index contributed by atoms with van der Waals surface area (Å²) in [5, 5.41) is 5.93. The monoisotopic (exact) mass is 372 g/mol. The number of hydrogen-bond donors (Lipinski definition) is 2. The van der Waals surface area contributed by atoms with Gasteiger partial charge in [0.15, 0.2) is 5.96 Å². The summed E-state index contributed by atoms with van der Waals surface area (Å²) < 4.78 is 37.8. The zero-order valence-electron chi connectivity index (χ0n) is 15.3. The van der Waals surface area contributed by atoms with E-state index in [2.05, 4.69) is 32.2 Å². The molecule has 0 bridgehead atoms. The first kappa shape index (κ1) is 21.7. The van der Waals surface area contributed by atoms with Crippen LogP contribution >= 0.6 is 0 Å².